The molecule has 1 atom stereocenters. The van der Waals surface area contributed by atoms with Crippen LogP contribution in [0.3, 0.4) is 0 Å². The summed E-state index contributed by atoms with van der Waals surface area (Å²) in [5.74, 6) is 0.258. The summed E-state index contributed by atoms with van der Waals surface area (Å²) in [4.78, 5) is 11.8. The summed E-state index contributed by atoms with van der Waals surface area (Å²) in [7, 11) is -1.01. The number of carbonyl (C=O) groups excluding carboxylic acids is 1. The molecular formula is C14H22N2O2S. The van der Waals surface area contributed by atoms with E-state index in [-0.39, 0.29) is 17.1 Å². The Morgan fingerprint density at radius 3 is 2.53 bits per heavy atom. The van der Waals surface area contributed by atoms with Gasteiger partial charge in [0, 0.05) is 39.1 Å². The maximum absolute atomic E-state index is 11.8. The first-order valence-corrected chi connectivity index (χ1v) is 7.56. The van der Waals surface area contributed by atoms with E-state index in [0.29, 0.717) is 11.4 Å². The molecule has 3 N–H and O–H groups in total. The van der Waals surface area contributed by atoms with E-state index in [2.05, 4.69) is 5.32 Å². The van der Waals surface area contributed by atoms with Crippen LogP contribution in [0.4, 0.5) is 11.4 Å². The molecule has 1 aromatic carbocycles. The minimum absolute atomic E-state index is 0.120. The number of anilines is 2. The summed E-state index contributed by atoms with van der Waals surface area (Å²) < 4.78 is 11.6. The van der Waals surface area contributed by atoms with Crippen molar-refractivity contribution in [3.63, 3.8) is 0 Å². The van der Waals surface area contributed by atoms with Gasteiger partial charge in [-0.2, -0.15) is 0 Å². The molecule has 0 aromatic heterocycles. The number of nitrogens with two attached hydrogens (primary N) is 1. The molecule has 0 aliphatic carbocycles. The molecule has 0 aliphatic heterocycles. The van der Waals surface area contributed by atoms with Gasteiger partial charge in [-0.05, 0) is 51.5 Å². The minimum Gasteiger partial charge on any atom is -0.399 e. The first kappa shape index (κ1) is 15.7. The van der Waals surface area contributed by atoms with Gasteiger partial charge in [0.1, 0.15) is 0 Å². The Kier molecular flexibility index (Phi) is 5.11. The highest BCUT2D eigenvalue weighted by molar-refractivity contribution is 7.86. The van der Waals surface area contributed by atoms with Gasteiger partial charge in [0.2, 0.25) is 5.91 Å². The van der Waals surface area contributed by atoms with E-state index in [4.69, 9.17) is 5.73 Å². The maximum atomic E-state index is 11.8. The third kappa shape index (κ3) is 5.03. The molecule has 4 nitrogen and oxygen atoms in total. The molecule has 0 aliphatic rings. The van der Waals surface area contributed by atoms with Crippen LogP contribution in [0.15, 0.2) is 18.2 Å². The number of hydrogen-bond acceptors (Lipinski definition) is 3. The lowest BCUT2D eigenvalue weighted by Crippen LogP contribution is -2.26. The van der Waals surface area contributed by atoms with Crippen LogP contribution < -0.4 is 11.1 Å². The Balaban J connectivity index is 2.54. The van der Waals surface area contributed by atoms with Crippen LogP contribution in [-0.2, 0) is 15.6 Å². The topological polar surface area (TPSA) is 72.2 Å². The second-order valence-corrected chi connectivity index (χ2v) is 7.86. The van der Waals surface area contributed by atoms with Crippen LogP contribution in [-0.4, -0.2) is 20.6 Å². The average molecular weight is 282 g/mol. The predicted octanol–water partition coefficient (Wildman–Crippen LogP) is 2.45. The van der Waals surface area contributed by atoms with Crippen LogP contribution in [0.1, 0.15) is 32.8 Å². The van der Waals surface area contributed by atoms with Crippen LogP contribution >= 0.6 is 0 Å². The minimum atomic E-state index is -1.01. The number of nitrogen functional groups attached to an aromatic ring is 1. The Bertz CT molecular complexity index is 493. The monoisotopic (exact) mass is 282 g/mol. The summed E-state index contributed by atoms with van der Waals surface area (Å²) in [5, 5.41) is 2.82. The summed E-state index contributed by atoms with van der Waals surface area (Å²) in [6, 6.07) is 5.34. The van der Waals surface area contributed by atoms with Crippen molar-refractivity contribution in [1.82, 2.24) is 0 Å². The molecule has 1 aromatic rings. The van der Waals surface area contributed by atoms with Gasteiger partial charge in [-0.15, -0.1) is 0 Å². The SMILES string of the molecule is Cc1cc(N)ccc1NC(=O)CCS(=O)C(C)(C)C. The van der Waals surface area contributed by atoms with E-state index in [1.807, 2.05) is 33.8 Å². The second kappa shape index (κ2) is 6.19. The lowest BCUT2D eigenvalue weighted by Gasteiger charge is -2.17. The van der Waals surface area contributed by atoms with E-state index in [9.17, 15) is 9.00 Å². The molecule has 0 fully saturated rings. The summed E-state index contributed by atoms with van der Waals surface area (Å²) >= 11 is 0. The number of benzene rings is 1. The highest BCUT2D eigenvalue weighted by Gasteiger charge is 2.20. The lowest BCUT2D eigenvalue weighted by molar-refractivity contribution is -0.115. The number of hydrogen-bond donors (Lipinski definition) is 2. The van der Waals surface area contributed by atoms with Crippen molar-refractivity contribution in [3.05, 3.63) is 23.8 Å². The molecule has 0 saturated heterocycles. The molecule has 1 rings (SSSR count). The highest BCUT2D eigenvalue weighted by Crippen LogP contribution is 2.18. The van der Waals surface area contributed by atoms with Gasteiger partial charge in [-0.25, -0.2) is 0 Å². The largest absolute Gasteiger partial charge is 0.399 e. The summed E-state index contributed by atoms with van der Waals surface area (Å²) in [6.07, 6.45) is 0.258. The van der Waals surface area contributed by atoms with E-state index in [1.165, 1.54) is 0 Å². The van der Waals surface area contributed by atoms with E-state index < -0.39 is 10.8 Å². The van der Waals surface area contributed by atoms with Crippen molar-refractivity contribution >= 4 is 28.1 Å². The first-order valence-electron chi connectivity index (χ1n) is 6.24. The van der Waals surface area contributed by atoms with Crippen molar-refractivity contribution in [2.45, 2.75) is 38.9 Å². The van der Waals surface area contributed by atoms with E-state index in [0.717, 1.165) is 11.3 Å². The zero-order valence-corrected chi connectivity index (χ0v) is 12.8. The fraction of sp³-hybridized carbons (Fsp3) is 0.500. The molecule has 0 saturated carbocycles. The molecule has 19 heavy (non-hydrogen) atoms. The fourth-order valence-electron chi connectivity index (χ4n) is 1.53. The average Bonchev–Trinajstić information content (AvgIpc) is 2.28. The number of rotatable bonds is 4. The normalized spacial score (nSPS) is 13.1. The zero-order chi connectivity index (χ0) is 14.6. The number of amides is 1. The Labute approximate surface area is 117 Å². The quantitative estimate of drug-likeness (QED) is 0.833. The Morgan fingerprint density at radius 2 is 2.00 bits per heavy atom. The molecule has 1 unspecified atom stereocenters. The molecule has 106 valence electrons. The smallest absolute Gasteiger partial charge is 0.225 e. The Hall–Kier alpha value is -1.36. The van der Waals surface area contributed by atoms with Crippen molar-refractivity contribution < 1.29 is 9.00 Å². The summed E-state index contributed by atoms with van der Waals surface area (Å²) in [5.41, 5.74) is 7.99. The third-order valence-corrected chi connectivity index (χ3v) is 4.66. The van der Waals surface area contributed by atoms with E-state index >= 15 is 0 Å². The number of aryl methyl sites for hydroxylation is 1. The van der Waals surface area contributed by atoms with Crippen molar-refractivity contribution in [2.24, 2.45) is 0 Å². The molecule has 0 bridgehead atoms. The van der Waals surface area contributed by atoms with Crippen LogP contribution in [0.25, 0.3) is 0 Å². The van der Waals surface area contributed by atoms with Gasteiger partial charge in [0.15, 0.2) is 0 Å². The van der Waals surface area contributed by atoms with Gasteiger partial charge in [-0.3, -0.25) is 9.00 Å². The molecule has 0 heterocycles. The predicted molar refractivity (Wildman–Crippen MR) is 81.6 cm³/mol. The molecular weight excluding hydrogens is 260 g/mol. The summed E-state index contributed by atoms with van der Waals surface area (Å²) in [6.45, 7) is 7.61. The van der Waals surface area contributed by atoms with Crippen LogP contribution in [0.5, 0.6) is 0 Å². The van der Waals surface area contributed by atoms with E-state index in [1.54, 1.807) is 12.1 Å². The van der Waals surface area contributed by atoms with Gasteiger partial charge in [0.25, 0.3) is 0 Å². The molecule has 5 heteroatoms. The first-order chi connectivity index (χ1) is 8.70. The zero-order valence-electron chi connectivity index (χ0n) is 11.9. The standard InChI is InChI=1S/C14H22N2O2S/c1-10-9-11(15)5-6-12(10)16-13(17)7-8-19(18)14(2,3)4/h5-6,9H,7-8,15H2,1-4H3,(H,16,17). The van der Waals surface area contributed by atoms with Crippen molar-refractivity contribution in [1.29, 1.82) is 0 Å². The maximum Gasteiger partial charge on any atom is 0.225 e. The van der Waals surface area contributed by atoms with Gasteiger partial charge in [0.05, 0.1) is 0 Å². The Morgan fingerprint density at radius 1 is 1.37 bits per heavy atom. The second-order valence-electron chi connectivity index (χ2n) is 5.53. The number of nitrogens with one attached hydrogen (secondary N) is 1. The van der Waals surface area contributed by atoms with Crippen LogP contribution in [0.2, 0.25) is 0 Å². The molecule has 0 spiro atoms. The lowest BCUT2D eigenvalue weighted by atomic mass is 10.2. The van der Waals surface area contributed by atoms with Crippen LogP contribution in [0, 0.1) is 6.92 Å². The third-order valence-electron chi connectivity index (χ3n) is 2.72. The number of carbonyl (C=O) groups is 1. The van der Waals surface area contributed by atoms with Crippen molar-refractivity contribution in [2.75, 3.05) is 16.8 Å². The molecule has 0 radical (unpaired) electrons. The highest BCUT2D eigenvalue weighted by atomic mass is 32.2. The van der Waals surface area contributed by atoms with Crippen molar-refractivity contribution in [3.8, 4) is 0 Å². The molecule has 1 amide bonds. The fourth-order valence-corrected chi connectivity index (χ4v) is 2.51. The van der Waals surface area contributed by atoms with Gasteiger partial charge >= 0.3 is 0 Å². The van der Waals surface area contributed by atoms with Gasteiger partial charge in [-0.1, -0.05) is 0 Å². The van der Waals surface area contributed by atoms with Gasteiger partial charge < -0.3 is 11.1 Å².